The number of aliphatic hydroxyl groups is 1. The largest absolute Gasteiger partial charge is 0.416 e. The van der Waals surface area contributed by atoms with Crippen LogP contribution in [0.5, 0.6) is 0 Å². The van der Waals surface area contributed by atoms with Crippen LogP contribution in [0.4, 0.5) is 18.9 Å². The van der Waals surface area contributed by atoms with Crippen LogP contribution in [0, 0.1) is 0 Å². The van der Waals surface area contributed by atoms with Gasteiger partial charge in [-0.1, -0.05) is 6.07 Å². The molecule has 2 aromatic carbocycles. The first-order chi connectivity index (χ1) is 15.7. The molecule has 0 atom stereocenters. The van der Waals surface area contributed by atoms with E-state index >= 15 is 0 Å². The molecule has 3 N–H and O–H groups in total. The van der Waals surface area contributed by atoms with E-state index in [0.29, 0.717) is 24.2 Å². The second-order valence-electron chi connectivity index (χ2n) is 8.37. The maximum Gasteiger partial charge on any atom is 0.416 e. The molecule has 1 amide bonds. The molecule has 5 rings (SSSR count). The Bertz CT molecular complexity index is 1320. The van der Waals surface area contributed by atoms with E-state index in [4.69, 9.17) is 0 Å². The van der Waals surface area contributed by atoms with Gasteiger partial charge < -0.3 is 15.4 Å². The molecule has 0 aliphatic heterocycles. The quantitative estimate of drug-likeness (QED) is 0.392. The third-order valence-electron chi connectivity index (χ3n) is 6.16. The predicted molar refractivity (Wildman–Crippen MR) is 118 cm³/mol. The number of nitrogens with zero attached hydrogens (tertiary/aromatic N) is 2. The number of carbonyl (C=O) groups is 1. The van der Waals surface area contributed by atoms with Gasteiger partial charge in [-0.05, 0) is 67.6 Å². The van der Waals surface area contributed by atoms with E-state index in [1.807, 2.05) is 18.2 Å². The van der Waals surface area contributed by atoms with Crippen LogP contribution in [0.3, 0.4) is 0 Å². The lowest BCUT2D eigenvalue weighted by molar-refractivity contribution is -0.137. The molecular formula is C24H21F3N4O2. The third-order valence-corrected chi connectivity index (χ3v) is 6.16. The fourth-order valence-electron chi connectivity index (χ4n) is 4.25. The number of fused-ring (bicyclic) bond motifs is 1. The van der Waals surface area contributed by atoms with Gasteiger partial charge in [-0.2, -0.15) is 18.3 Å². The van der Waals surface area contributed by atoms with Crippen LogP contribution in [0.2, 0.25) is 0 Å². The SMILES string of the molecule is O=C(Nc1c[nH]c2ccc(-c3cnn(-c4ccc(C(F)(F)F)cc4)c3)cc12)C1(O)CCCC1. The number of anilines is 1. The molecule has 0 spiro atoms. The average molecular weight is 454 g/mol. The van der Waals surface area contributed by atoms with Crippen molar-refractivity contribution in [1.29, 1.82) is 0 Å². The van der Waals surface area contributed by atoms with Crippen molar-refractivity contribution in [1.82, 2.24) is 14.8 Å². The van der Waals surface area contributed by atoms with Gasteiger partial charge in [-0.15, -0.1) is 0 Å². The third kappa shape index (κ3) is 4.00. The molecule has 0 radical (unpaired) electrons. The van der Waals surface area contributed by atoms with Gasteiger partial charge in [0.1, 0.15) is 5.60 Å². The second kappa shape index (κ2) is 7.77. The number of aromatic amines is 1. The van der Waals surface area contributed by atoms with Gasteiger partial charge in [0, 0.05) is 28.9 Å². The first-order valence-corrected chi connectivity index (χ1v) is 10.6. The topological polar surface area (TPSA) is 82.9 Å². The molecule has 2 heterocycles. The number of rotatable bonds is 4. The molecule has 1 saturated carbocycles. The van der Waals surface area contributed by atoms with Crippen molar-refractivity contribution in [2.45, 2.75) is 37.5 Å². The zero-order chi connectivity index (χ0) is 23.2. The van der Waals surface area contributed by atoms with Crippen molar-refractivity contribution < 1.29 is 23.1 Å². The number of aromatic nitrogens is 3. The Kier molecular flexibility index (Phi) is 5.01. The number of H-pyrrole nitrogens is 1. The molecular weight excluding hydrogens is 433 g/mol. The minimum absolute atomic E-state index is 0.401. The molecule has 1 fully saturated rings. The van der Waals surface area contributed by atoms with Crippen molar-refractivity contribution in [3.63, 3.8) is 0 Å². The Hall–Kier alpha value is -3.59. The van der Waals surface area contributed by atoms with Crippen LogP contribution in [0.25, 0.3) is 27.7 Å². The number of halogens is 3. The summed E-state index contributed by atoms with van der Waals surface area (Å²) < 4.78 is 39.9. The zero-order valence-electron chi connectivity index (χ0n) is 17.5. The first kappa shape index (κ1) is 21.3. The van der Waals surface area contributed by atoms with Crippen LogP contribution in [0.1, 0.15) is 31.2 Å². The molecule has 0 unspecified atom stereocenters. The first-order valence-electron chi connectivity index (χ1n) is 10.6. The fraction of sp³-hybridized carbons (Fsp3) is 0.250. The molecule has 1 aliphatic rings. The maximum absolute atomic E-state index is 12.8. The highest BCUT2D eigenvalue weighted by atomic mass is 19.4. The lowest BCUT2D eigenvalue weighted by atomic mass is 10.0. The molecule has 2 aromatic heterocycles. The van der Waals surface area contributed by atoms with Crippen LogP contribution in [-0.4, -0.2) is 31.4 Å². The number of carbonyl (C=O) groups excluding carboxylic acids is 1. The molecule has 4 aromatic rings. The zero-order valence-corrected chi connectivity index (χ0v) is 17.5. The number of hydrogen-bond donors (Lipinski definition) is 3. The molecule has 1 aliphatic carbocycles. The number of amides is 1. The van der Waals surface area contributed by atoms with Crippen molar-refractivity contribution in [3.8, 4) is 16.8 Å². The molecule has 6 nitrogen and oxygen atoms in total. The Balaban J connectivity index is 1.41. The number of hydrogen-bond acceptors (Lipinski definition) is 3. The minimum Gasteiger partial charge on any atom is -0.380 e. The lowest BCUT2D eigenvalue weighted by Gasteiger charge is -2.20. The predicted octanol–water partition coefficient (Wildman–Crippen LogP) is 5.28. The highest BCUT2D eigenvalue weighted by molar-refractivity contribution is 6.05. The smallest absolute Gasteiger partial charge is 0.380 e. The summed E-state index contributed by atoms with van der Waals surface area (Å²) in [5.74, 6) is -0.401. The van der Waals surface area contributed by atoms with E-state index in [2.05, 4.69) is 15.4 Å². The number of benzene rings is 2. The van der Waals surface area contributed by atoms with Gasteiger partial charge in [0.2, 0.25) is 0 Å². The van der Waals surface area contributed by atoms with E-state index in [1.54, 1.807) is 18.6 Å². The van der Waals surface area contributed by atoms with Crippen molar-refractivity contribution in [2.75, 3.05) is 5.32 Å². The Morgan fingerprint density at radius 2 is 1.82 bits per heavy atom. The molecule has 170 valence electrons. The molecule has 33 heavy (non-hydrogen) atoms. The minimum atomic E-state index is -4.39. The van der Waals surface area contributed by atoms with Crippen molar-refractivity contribution in [3.05, 3.63) is 66.6 Å². The molecule has 0 bridgehead atoms. The van der Waals surface area contributed by atoms with Crippen molar-refractivity contribution >= 4 is 22.5 Å². The summed E-state index contributed by atoms with van der Waals surface area (Å²) in [5, 5.41) is 18.4. The van der Waals surface area contributed by atoms with E-state index in [-0.39, 0.29) is 0 Å². The summed E-state index contributed by atoms with van der Waals surface area (Å²) >= 11 is 0. The Labute approximate surface area is 187 Å². The van der Waals surface area contributed by atoms with Gasteiger partial charge in [-0.3, -0.25) is 4.79 Å². The van der Waals surface area contributed by atoms with Gasteiger partial charge in [-0.25, -0.2) is 4.68 Å². The standard InChI is InChI=1S/C24H21F3N4O2/c25-24(26,27)17-4-6-18(7-5-17)31-14-16(12-29-31)15-3-8-20-19(11-15)21(13-28-20)30-22(32)23(33)9-1-2-10-23/h3-8,11-14,28,33H,1-2,9-10H2,(H,30,32). The summed E-state index contributed by atoms with van der Waals surface area (Å²) in [6, 6.07) is 10.5. The maximum atomic E-state index is 12.8. The van der Waals surface area contributed by atoms with Crippen LogP contribution in [-0.2, 0) is 11.0 Å². The van der Waals surface area contributed by atoms with Gasteiger partial charge >= 0.3 is 6.18 Å². The lowest BCUT2D eigenvalue weighted by Crippen LogP contribution is -2.40. The van der Waals surface area contributed by atoms with Crippen LogP contribution in [0.15, 0.2) is 61.1 Å². The fourth-order valence-corrected chi connectivity index (χ4v) is 4.25. The van der Waals surface area contributed by atoms with Gasteiger partial charge in [0.05, 0.1) is 23.1 Å². The van der Waals surface area contributed by atoms with E-state index in [9.17, 15) is 23.1 Å². The van der Waals surface area contributed by atoms with Crippen LogP contribution >= 0.6 is 0 Å². The summed E-state index contributed by atoms with van der Waals surface area (Å²) in [4.78, 5) is 15.7. The summed E-state index contributed by atoms with van der Waals surface area (Å²) in [6.07, 6.45) is 3.22. The van der Waals surface area contributed by atoms with E-state index in [0.717, 1.165) is 47.0 Å². The Morgan fingerprint density at radius 1 is 1.09 bits per heavy atom. The second-order valence-corrected chi connectivity index (χ2v) is 8.37. The van der Waals surface area contributed by atoms with Crippen LogP contribution < -0.4 is 5.32 Å². The Morgan fingerprint density at radius 3 is 2.52 bits per heavy atom. The van der Waals surface area contributed by atoms with E-state index < -0.39 is 23.2 Å². The van der Waals surface area contributed by atoms with E-state index in [1.165, 1.54) is 16.8 Å². The monoisotopic (exact) mass is 454 g/mol. The number of nitrogens with one attached hydrogen (secondary N) is 2. The highest BCUT2D eigenvalue weighted by Gasteiger charge is 2.39. The van der Waals surface area contributed by atoms with Gasteiger partial charge in [0.15, 0.2) is 0 Å². The van der Waals surface area contributed by atoms with Crippen molar-refractivity contribution in [2.24, 2.45) is 0 Å². The number of alkyl halides is 3. The van der Waals surface area contributed by atoms with Gasteiger partial charge in [0.25, 0.3) is 5.91 Å². The average Bonchev–Trinajstić information content (AvgIpc) is 3.54. The molecule has 9 heteroatoms. The summed E-state index contributed by atoms with van der Waals surface area (Å²) in [5.41, 5.74) is 1.46. The normalized spacial score (nSPS) is 15.8. The summed E-state index contributed by atoms with van der Waals surface area (Å²) in [7, 11) is 0. The molecule has 0 saturated heterocycles. The highest BCUT2D eigenvalue weighted by Crippen LogP contribution is 2.34. The summed E-state index contributed by atoms with van der Waals surface area (Å²) in [6.45, 7) is 0.